The molecule has 2 N–H and O–H groups in total. The number of aliphatic imine (C=N–C) groups is 1. The highest BCUT2D eigenvalue weighted by molar-refractivity contribution is 7.91. The first-order chi connectivity index (χ1) is 11.5. The van der Waals surface area contributed by atoms with E-state index >= 15 is 0 Å². The van der Waals surface area contributed by atoms with Gasteiger partial charge in [-0.2, -0.15) is 0 Å². The smallest absolute Gasteiger partial charge is 0.191 e. The largest absolute Gasteiger partial charge is 0.357 e. The van der Waals surface area contributed by atoms with E-state index in [1.54, 1.807) is 0 Å². The lowest BCUT2D eigenvalue weighted by Gasteiger charge is -2.41. The van der Waals surface area contributed by atoms with Crippen LogP contribution in [0.4, 0.5) is 0 Å². The molecule has 2 aliphatic rings. The molecule has 1 aliphatic carbocycles. The second-order valence-corrected chi connectivity index (χ2v) is 9.17. The van der Waals surface area contributed by atoms with Crippen molar-refractivity contribution < 1.29 is 8.42 Å². The molecule has 1 heterocycles. The zero-order valence-corrected chi connectivity index (χ0v) is 15.1. The van der Waals surface area contributed by atoms with Crippen LogP contribution in [-0.2, 0) is 15.3 Å². The topological polar surface area (TPSA) is 70.6 Å². The number of nitrogens with one attached hydrogen (secondary N) is 2. The summed E-state index contributed by atoms with van der Waals surface area (Å²) in [5.74, 6) is 1.22. The number of benzene rings is 1. The lowest BCUT2D eigenvalue weighted by molar-refractivity contribution is 0.253. The third-order valence-corrected chi connectivity index (χ3v) is 6.92. The summed E-state index contributed by atoms with van der Waals surface area (Å²) in [6.45, 7) is 3.54. The fourth-order valence-corrected chi connectivity index (χ4v) is 5.26. The monoisotopic (exact) mass is 349 g/mol. The van der Waals surface area contributed by atoms with Crippen LogP contribution in [0.2, 0.25) is 0 Å². The van der Waals surface area contributed by atoms with Crippen LogP contribution < -0.4 is 10.6 Å². The van der Waals surface area contributed by atoms with E-state index in [1.165, 1.54) is 12.0 Å². The summed E-state index contributed by atoms with van der Waals surface area (Å²) in [4.78, 5) is 4.79. The second kappa shape index (κ2) is 7.13. The van der Waals surface area contributed by atoms with E-state index in [0.29, 0.717) is 6.42 Å². The number of rotatable bonds is 5. The molecule has 1 atom stereocenters. The summed E-state index contributed by atoms with van der Waals surface area (Å²) in [5.41, 5.74) is 1.50. The third-order valence-electron chi connectivity index (χ3n) is 5.15. The summed E-state index contributed by atoms with van der Waals surface area (Å²) >= 11 is 0. The van der Waals surface area contributed by atoms with Crippen LogP contribution in [-0.4, -0.2) is 45.0 Å². The van der Waals surface area contributed by atoms with E-state index in [2.05, 4.69) is 34.9 Å². The Balaban J connectivity index is 1.69. The highest BCUT2D eigenvalue weighted by atomic mass is 32.2. The van der Waals surface area contributed by atoms with Gasteiger partial charge in [-0.15, -0.1) is 0 Å². The molecular formula is C18H27N3O2S. The van der Waals surface area contributed by atoms with Gasteiger partial charge in [-0.05, 0) is 31.7 Å². The first-order valence-corrected chi connectivity index (χ1v) is 10.7. The van der Waals surface area contributed by atoms with Gasteiger partial charge in [-0.1, -0.05) is 36.8 Å². The first-order valence-electron chi connectivity index (χ1n) is 8.84. The maximum absolute atomic E-state index is 11.6. The normalized spacial score (nSPS) is 25.0. The van der Waals surface area contributed by atoms with E-state index in [9.17, 15) is 8.42 Å². The number of guanidine groups is 1. The molecule has 132 valence electrons. The minimum atomic E-state index is -2.88. The van der Waals surface area contributed by atoms with Gasteiger partial charge in [0.2, 0.25) is 0 Å². The summed E-state index contributed by atoms with van der Waals surface area (Å²) in [6, 6.07) is 10.6. The summed E-state index contributed by atoms with van der Waals surface area (Å²) in [6.07, 6.45) is 4.24. The van der Waals surface area contributed by atoms with Crippen molar-refractivity contribution in [3.8, 4) is 0 Å². The Labute approximate surface area is 144 Å². The molecule has 1 aromatic carbocycles. The Morgan fingerprint density at radius 2 is 2.04 bits per heavy atom. The number of hydrogen-bond acceptors (Lipinski definition) is 3. The molecule has 3 rings (SSSR count). The van der Waals surface area contributed by atoms with Crippen molar-refractivity contribution in [2.45, 2.75) is 44.1 Å². The van der Waals surface area contributed by atoms with E-state index < -0.39 is 9.84 Å². The van der Waals surface area contributed by atoms with Crippen LogP contribution in [0.25, 0.3) is 0 Å². The molecular weight excluding hydrogens is 322 g/mol. The molecule has 24 heavy (non-hydrogen) atoms. The fourth-order valence-electron chi connectivity index (χ4n) is 3.59. The van der Waals surface area contributed by atoms with Gasteiger partial charge in [0.05, 0.1) is 18.1 Å². The van der Waals surface area contributed by atoms with Gasteiger partial charge >= 0.3 is 0 Å². The van der Waals surface area contributed by atoms with E-state index in [4.69, 9.17) is 4.99 Å². The summed E-state index contributed by atoms with van der Waals surface area (Å²) < 4.78 is 23.3. The average Bonchev–Trinajstić information content (AvgIpc) is 2.86. The highest BCUT2D eigenvalue weighted by Gasteiger charge is 2.38. The van der Waals surface area contributed by atoms with Crippen molar-refractivity contribution in [2.24, 2.45) is 4.99 Å². The molecule has 0 bridgehead atoms. The summed E-state index contributed by atoms with van der Waals surface area (Å²) in [7, 11) is -2.88. The van der Waals surface area contributed by atoms with Crippen LogP contribution in [0.3, 0.4) is 0 Å². The third kappa shape index (κ3) is 3.91. The first kappa shape index (κ1) is 17.3. The Hall–Kier alpha value is -1.56. The van der Waals surface area contributed by atoms with Crippen molar-refractivity contribution in [1.29, 1.82) is 0 Å². The Bertz CT molecular complexity index is 681. The maximum Gasteiger partial charge on any atom is 0.191 e. The molecule has 1 unspecified atom stereocenters. The van der Waals surface area contributed by atoms with E-state index in [-0.39, 0.29) is 23.0 Å². The lowest BCUT2D eigenvalue weighted by atomic mass is 9.64. The van der Waals surface area contributed by atoms with E-state index in [0.717, 1.165) is 31.9 Å². The van der Waals surface area contributed by atoms with Crippen LogP contribution >= 0.6 is 0 Å². The van der Waals surface area contributed by atoms with Gasteiger partial charge in [-0.3, -0.25) is 4.99 Å². The molecule has 1 saturated carbocycles. The minimum Gasteiger partial charge on any atom is -0.357 e. The molecule has 2 fully saturated rings. The molecule has 0 spiro atoms. The van der Waals surface area contributed by atoms with Crippen molar-refractivity contribution in [3.05, 3.63) is 35.9 Å². The molecule has 0 aromatic heterocycles. The zero-order chi connectivity index (χ0) is 17.0. The van der Waals surface area contributed by atoms with Crippen molar-refractivity contribution >= 4 is 15.8 Å². The molecule has 1 aromatic rings. The second-order valence-electron chi connectivity index (χ2n) is 6.94. The van der Waals surface area contributed by atoms with Crippen molar-refractivity contribution in [1.82, 2.24) is 10.6 Å². The van der Waals surface area contributed by atoms with Gasteiger partial charge in [0, 0.05) is 18.0 Å². The van der Waals surface area contributed by atoms with Gasteiger partial charge in [-0.25, -0.2) is 8.42 Å². The van der Waals surface area contributed by atoms with Crippen molar-refractivity contribution in [3.63, 3.8) is 0 Å². The lowest BCUT2D eigenvalue weighted by Crippen LogP contribution is -2.45. The Kier molecular flexibility index (Phi) is 5.13. The Morgan fingerprint density at radius 3 is 2.58 bits per heavy atom. The van der Waals surface area contributed by atoms with Crippen LogP contribution in [0.15, 0.2) is 35.3 Å². The minimum absolute atomic E-state index is 0.0261. The number of sulfone groups is 1. The molecule has 5 nitrogen and oxygen atoms in total. The number of nitrogens with zero attached hydrogens (tertiary/aromatic N) is 1. The van der Waals surface area contributed by atoms with Gasteiger partial charge in [0.1, 0.15) is 0 Å². The SMILES string of the molecule is CCNC(=NCC1(c2ccccc2)CCC1)NC1CCS(=O)(=O)C1. The Morgan fingerprint density at radius 1 is 1.29 bits per heavy atom. The van der Waals surface area contributed by atoms with Crippen LogP contribution in [0, 0.1) is 0 Å². The van der Waals surface area contributed by atoms with Gasteiger partial charge in [0.15, 0.2) is 15.8 Å². The maximum atomic E-state index is 11.6. The fraction of sp³-hybridized carbons (Fsp3) is 0.611. The van der Waals surface area contributed by atoms with E-state index in [1.807, 2.05) is 13.0 Å². The number of hydrogen-bond donors (Lipinski definition) is 2. The van der Waals surface area contributed by atoms with Crippen LogP contribution in [0.1, 0.15) is 38.2 Å². The summed E-state index contributed by atoms with van der Waals surface area (Å²) in [5, 5.41) is 6.56. The average molecular weight is 350 g/mol. The van der Waals surface area contributed by atoms with Gasteiger partial charge in [0.25, 0.3) is 0 Å². The molecule has 0 radical (unpaired) electrons. The standard InChI is InChI=1S/C18H27N3O2S/c1-2-19-17(21-16-9-12-24(22,23)13-16)20-14-18(10-6-11-18)15-7-4-3-5-8-15/h3-5,7-8,16H,2,6,9-14H2,1H3,(H2,19,20,21). The molecule has 1 saturated heterocycles. The quantitative estimate of drug-likeness (QED) is 0.629. The predicted octanol–water partition coefficient (Wildman–Crippen LogP) is 1.85. The highest BCUT2D eigenvalue weighted by Crippen LogP contribution is 2.43. The zero-order valence-electron chi connectivity index (χ0n) is 14.3. The van der Waals surface area contributed by atoms with Crippen molar-refractivity contribution in [2.75, 3.05) is 24.6 Å². The van der Waals surface area contributed by atoms with Gasteiger partial charge < -0.3 is 10.6 Å². The molecule has 0 amide bonds. The van der Waals surface area contributed by atoms with Crippen LogP contribution in [0.5, 0.6) is 0 Å². The molecule has 6 heteroatoms. The molecule has 1 aliphatic heterocycles. The predicted molar refractivity (Wildman–Crippen MR) is 98.1 cm³/mol.